The van der Waals surface area contributed by atoms with Crippen LogP contribution < -0.4 is 5.14 Å². The summed E-state index contributed by atoms with van der Waals surface area (Å²) in [5.41, 5.74) is 0.495. The fourth-order valence-electron chi connectivity index (χ4n) is 1.94. The molecule has 0 bridgehead atoms. The molecule has 0 spiro atoms. The number of nitrogens with zero attached hydrogens (tertiary/aromatic N) is 1. The molecule has 0 radical (unpaired) electrons. The lowest BCUT2D eigenvalue weighted by molar-refractivity contribution is 0.0757. The smallest absolute Gasteiger partial charge is 0.253 e. The standard InChI is InChI=1S/C13H18N2O3S/c1-2-15(9-10-3-4-10)13(16)11-5-7-12(8-6-11)19(14,17)18/h5-8,10H,2-4,9H2,1H3,(H2,14,17,18). The van der Waals surface area contributed by atoms with E-state index in [0.29, 0.717) is 18.0 Å². The van der Waals surface area contributed by atoms with Crippen LogP contribution in [0.4, 0.5) is 0 Å². The highest BCUT2D eigenvalue weighted by molar-refractivity contribution is 7.89. The third kappa shape index (κ3) is 3.54. The predicted octanol–water partition coefficient (Wildman–Crippen LogP) is 1.21. The van der Waals surface area contributed by atoms with E-state index in [1.807, 2.05) is 6.92 Å². The Labute approximate surface area is 113 Å². The Morgan fingerprint density at radius 3 is 2.32 bits per heavy atom. The maximum atomic E-state index is 12.2. The van der Waals surface area contributed by atoms with Gasteiger partial charge in [-0.05, 0) is 49.9 Å². The van der Waals surface area contributed by atoms with Crippen molar-refractivity contribution >= 4 is 15.9 Å². The van der Waals surface area contributed by atoms with Crippen molar-refractivity contribution in [3.8, 4) is 0 Å². The number of nitrogens with two attached hydrogens (primary N) is 1. The number of sulfonamides is 1. The average molecular weight is 282 g/mol. The Kier molecular flexibility index (Phi) is 3.91. The van der Waals surface area contributed by atoms with E-state index >= 15 is 0 Å². The molecule has 1 aromatic rings. The summed E-state index contributed by atoms with van der Waals surface area (Å²) in [5, 5.41) is 5.02. The maximum absolute atomic E-state index is 12.2. The van der Waals surface area contributed by atoms with E-state index in [1.54, 1.807) is 4.90 Å². The quantitative estimate of drug-likeness (QED) is 0.881. The molecule has 1 aliphatic rings. The zero-order valence-corrected chi connectivity index (χ0v) is 11.7. The number of primary sulfonamides is 1. The molecule has 2 N–H and O–H groups in total. The van der Waals surface area contributed by atoms with Crippen LogP contribution in [0, 0.1) is 5.92 Å². The molecule has 1 saturated carbocycles. The largest absolute Gasteiger partial charge is 0.339 e. The van der Waals surface area contributed by atoms with E-state index in [1.165, 1.54) is 37.1 Å². The molecule has 19 heavy (non-hydrogen) atoms. The maximum Gasteiger partial charge on any atom is 0.253 e. The van der Waals surface area contributed by atoms with E-state index in [4.69, 9.17) is 5.14 Å². The first-order chi connectivity index (χ1) is 8.91. The fourth-order valence-corrected chi connectivity index (χ4v) is 2.45. The molecule has 0 aliphatic heterocycles. The Morgan fingerprint density at radius 1 is 1.32 bits per heavy atom. The zero-order valence-electron chi connectivity index (χ0n) is 10.9. The summed E-state index contributed by atoms with van der Waals surface area (Å²) in [5.74, 6) is 0.572. The van der Waals surface area contributed by atoms with Gasteiger partial charge in [-0.25, -0.2) is 13.6 Å². The Morgan fingerprint density at radius 2 is 1.89 bits per heavy atom. The van der Waals surface area contributed by atoms with Crippen LogP contribution in [0.1, 0.15) is 30.1 Å². The van der Waals surface area contributed by atoms with E-state index in [0.717, 1.165) is 6.54 Å². The van der Waals surface area contributed by atoms with Gasteiger partial charge in [0.15, 0.2) is 0 Å². The number of benzene rings is 1. The summed E-state index contributed by atoms with van der Waals surface area (Å²) in [6, 6.07) is 5.76. The lowest BCUT2D eigenvalue weighted by Gasteiger charge is -2.20. The third-order valence-corrected chi connectivity index (χ3v) is 4.20. The van der Waals surface area contributed by atoms with Crippen LogP contribution >= 0.6 is 0 Å². The summed E-state index contributed by atoms with van der Waals surface area (Å²) in [7, 11) is -3.70. The van der Waals surface area contributed by atoms with Crippen molar-refractivity contribution in [1.29, 1.82) is 0 Å². The summed E-state index contributed by atoms with van der Waals surface area (Å²) >= 11 is 0. The van der Waals surface area contributed by atoms with Gasteiger partial charge in [0.1, 0.15) is 0 Å². The highest BCUT2D eigenvalue weighted by Gasteiger charge is 2.26. The van der Waals surface area contributed by atoms with E-state index in [-0.39, 0.29) is 10.8 Å². The van der Waals surface area contributed by atoms with Crippen LogP contribution in [-0.4, -0.2) is 32.3 Å². The van der Waals surface area contributed by atoms with Gasteiger partial charge >= 0.3 is 0 Å². The zero-order chi connectivity index (χ0) is 14.0. The first-order valence-corrected chi connectivity index (χ1v) is 7.88. The van der Waals surface area contributed by atoms with Gasteiger partial charge in [-0.15, -0.1) is 0 Å². The van der Waals surface area contributed by atoms with Crippen molar-refractivity contribution in [2.24, 2.45) is 11.1 Å². The van der Waals surface area contributed by atoms with Crippen LogP contribution in [0.25, 0.3) is 0 Å². The molecule has 1 aromatic carbocycles. The number of amides is 1. The number of carbonyl (C=O) groups is 1. The van der Waals surface area contributed by atoms with Gasteiger partial charge in [0.2, 0.25) is 10.0 Å². The fraction of sp³-hybridized carbons (Fsp3) is 0.462. The van der Waals surface area contributed by atoms with Gasteiger partial charge in [-0.1, -0.05) is 0 Å². The Bertz CT molecular complexity index is 562. The van der Waals surface area contributed by atoms with Gasteiger partial charge in [0.25, 0.3) is 5.91 Å². The van der Waals surface area contributed by atoms with E-state index in [2.05, 4.69) is 0 Å². The van der Waals surface area contributed by atoms with Crippen molar-refractivity contribution in [2.75, 3.05) is 13.1 Å². The third-order valence-electron chi connectivity index (χ3n) is 3.27. The van der Waals surface area contributed by atoms with Crippen molar-refractivity contribution in [1.82, 2.24) is 4.90 Å². The number of hydrogen-bond donors (Lipinski definition) is 1. The van der Waals surface area contributed by atoms with Crippen LogP contribution in [0.5, 0.6) is 0 Å². The van der Waals surface area contributed by atoms with Crippen molar-refractivity contribution in [3.63, 3.8) is 0 Å². The molecular weight excluding hydrogens is 264 g/mol. The second-order valence-corrected chi connectivity index (χ2v) is 6.42. The SMILES string of the molecule is CCN(CC1CC1)C(=O)c1ccc(S(N)(=O)=O)cc1. The normalized spacial score (nSPS) is 15.3. The van der Waals surface area contributed by atoms with E-state index in [9.17, 15) is 13.2 Å². The van der Waals surface area contributed by atoms with Crippen LogP contribution in [0.15, 0.2) is 29.2 Å². The topological polar surface area (TPSA) is 80.5 Å². The van der Waals surface area contributed by atoms with Gasteiger partial charge < -0.3 is 4.90 Å². The Balaban J connectivity index is 2.13. The second kappa shape index (κ2) is 5.30. The number of hydrogen-bond acceptors (Lipinski definition) is 3. The summed E-state index contributed by atoms with van der Waals surface area (Å²) in [4.78, 5) is 14.1. The van der Waals surface area contributed by atoms with Crippen LogP contribution in [0.2, 0.25) is 0 Å². The summed E-state index contributed by atoms with van der Waals surface area (Å²) in [6.07, 6.45) is 2.38. The van der Waals surface area contributed by atoms with Gasteiger partial charge in [0, 0.05) is 18.7 Å². The first-order valence-electron chi connectivity index (χ1n) is 6.34. The molecule has 0 saturated heterocycles. The molecule has 0 unspecified atom stereocenters. The highest BCUT2D eigenvalue weighted by Crippen LogP contribution is 2.30. The minimum atomic E-state index is -3.70. The molecule has 1 fully saturated rings. The lowest BCUT2D eigenvalue weighted by atomic mass is 10.2. The predicted molar refractivity (Wildman–Crippen MR) is 72.1 cm³/mol. The summed E-state index contributed by atoms with van der Waals surface area (Å²) < 4.78 is 22.3. The van der Waals surface area contributed by atoms with E-state index < -0.39 is 10.0 Å². The molecule has 6 heteroatoms. The van der Waals surface area contributed by atoms with Gasteiger partial charge in [-0.3, -0.25) is 4.79 Å². The van der Waals surface area contributed by atoms with Gasteiger partial charge in [0.05, 0.1) is 4.90 Å². The molecule has 104 valence electrons. The molecule has 0 heterocycles. The second-order valence-electron chi connectivity index (χ2n) is 4.86. The molecule has 1 amide bonds. The molecular formula is C13H18N2O3S. The highest BCUT2D eigenvalue weighted by atomic mass is 32.2. The monoisotopic (exact) mass is 282 g/mol. The first kappa shape index (κ1) is 14.0. The molecule has 0 aromatic heterocycles. The lowest BCUT2D eigenvalue weighted by Crippen LogP contribution is -2.32. The minimum absolute atomic E-state index is 0.0225. The molecule has 0 atom stereocenters. The summed E-state index contributed by atoms with van der Waals surface area (Å²) in [6.45, 7) is 3.39. The van der Waals surface area contributed by atoms with Crippen molar-refractivity contribution in [3.05, 3.63) is 29.8 Å². The Hall–Kier alpha value is -1.40. The van der Waals surface area contributed by atoms with Crippen molar-refractivity contribution in [2.45, 2.75) is 24.7 Å². The van der Waals surface area contributed by atoms with Crippen molar-refractivity contribution < 1.29 is 13.2 Å². The number of carbonyl (C=O) groups excluding carboxylic acids is 1. The molecule has 2 rings (SSSR count). The average Bonchev–Trinajstić information content (AvgIpc) is 3.18. The van der Waals surface area contributed by atoms with Gasteiger partial charge in [-0.2, -0.15) is 0 Å². The molecule has 1 aliphatic carbocycles. The van der Waals surface area contributed by atoms with Crippen LogP contribution in [0.3, 0.4) is 0 Å². The number of rotatable bonds is 5. The minimum Gasteiger partial charge on any atom is -0.339 e. The van der Waals surface area contributed by atoms with Crippen LogP contribution in [-0.2, 0) is 10.0 Å². The molecule has 5 nitrogen and oxygen atoms in total.